The van der Waals surface area contributed by atoms with Crippen molar-refractivity contribution in [3.8, 4) is 11.5 Å². The third-order valence-corrected chi connectivity index (χ3v) is 3.70. The lowest BCUT2D eigenvalue weighted by Crippen LogP contribution is -2.22. The fourth-order valence-corrected chi connectivity index (χ4v) is 2.48. The summed E-state index contributed by atoms with van der Waals surface area (Å²) in [5.74, 6) is 2.13. The molecule has 1 saturated heterocycles. The van der Waals surface area contributed by atoms with Crippen LogP contribution >= 0.6 is 11.6 Å². The third kappa shape index (κ3) is 2.49. The molecule has 2 aliphatic rings. The highest BCUT2D eigenvalue weighted by molar-refractivity contribution is 6.33. The molecule has 3 rings (SSSR count). The minimum Gasteiger partial charge on any atom is -0.454 e. The van der Waals surface area contributed by atoms with Crippen LogP contribution in [0.1, 0.15) is 12.8 Å². The van der Waals surface area contributed by atoms with Crippen molar-refractivity contribution in [2.24, 2.45) is 5.92 Å². The molecular formula is C13H16ClNO3. The largest absolute Gasteiger partial charge is 0.454 e. The van der Waals surface area contributed by atoms with Crippen molar-refractivity contribution in [3.05, 3.63) is 17.2 Å². The first-order valence-electron chi connectivity index (χ1n) is 6.23. The van der Waals surface area contributed by atoms with Gasteiger partial charge in [0, 0.05) is 31.9 Å². The summed E-state index contributed by atoms with van der Waals surface area (Å²) in [6, 6.07) is 3.71. The first-order valence-corrected chi connectivity index (χ1v) is 6.61. The predicted molar refractivity (Wildman–Crippen MR) is 69.6 cm³/mol. The Morgan fingerprint density at radius 3 is 2.67 bits per heavy atom. The molecule has 0 unspecified atom stereocenters. The smallest absolute Gasteiger partial charge is 0.231 e. The molecule has 0 spiro atoms. The number of benzene rings is 1. The summed E-state index contributed by atoms with van der Waals surface area (Å²) in [5, 5.41) is 4.06. The quantitative estimate of drug-likeness (QED) is 0.916. The Hall–Kier alpha value is -1.13. The van der Waals surface area contributed by atoms with Crippen molar-refractivity contribution in [2.75, 3.05) is 31.9 Å². The number of fused-ring (bicyclic) bond motifs is 1. The summed E-state index contributed by atoms with van der Waals surface area (Å²) >= 11 is 6.20. The normalized spacial score (nSPS) is 18.9. The average molecular weight is 270 g/mol. The van der Waals surface area contributed by atoms with Crippen LogP contribution in [0.3, 0.4) is 0 Å². The number of ether oxygens (including phenoxy) is 3. The van der Waals surface area contributed by atoms with Crippen LogP contribution in [0.25, 0.3) is 0 Å². The standard InChI is InChI=1S/C13H16ClNO3/c14-10-5-12-13(18-8-17-12)6-11(10)15-7-9-1-3-16-4-2-9/h5-6,9,15H,1-4,7-8H2. The molecule has 0 saturated carbocycles. The van der Waals surface area contributed by atoms with Gasteiger partial charge in [-0.3, -0.25) is 0 Å². The highest BCUT2D eigenvalue weighted by atomic mass is 35.5. The van der Waals surface area contributed by atoms with Gasteiger partial charge >= 0.3 is 0 Å². The minimum absolute atomic E-state index is 0.273. The Labute approximate surface area is 111 Å². The molecule has 1 aromatic carbocycles. The van der Waals surface area contributed by atoms with E-state index in [9.17, 15) is 0 Å². The lowest BCUT2D eigenvalue weighted by atomic mass is 10.0. The van der Waals surface area contributed by atoms with Crippen molar-refractivity contribution < 1.29 is 14.2 Å². The number of halogens is 1. The Kier molecular flexibility index (Phi) is 3.48. The van der Waals surface area contributed by atoms with Crippen molar-refractivity contribution in [2.45, 2.75) is 12.8 Å². The van der Waals surface area contributed by atoms with E-state index >= 15 is 0 Å². The number of rotatable bonds is 3. The molecule has 0 aliphatic carbocycles. The van der Waals surface area contributed by atoms with Crippen LogP contribution in [0.4, 0.5) is 5.69 Å². The number of hydrogen-bond acceptors (Lipinski definition) is 4. The van der Waals surface area contributed by atoms with Crippen LogP contribution in [0.2, 0.25) is 5.02 Å². The minimum atomic E-state index is 0.273. The molecule has 18 heavy (non-hydrogen) atoms. The Morgan fingerprint density at radius 1 is 1.17 bits per heavy atom. The van der Waals surface area contributed by atoms with E-state index in [1.54, 1.807) is 6.07 Å². The molecule has 0 atom stereocenters. The molecule has 0 bridgehead atoms. The fourth-order valence-electron chi connectivity index (χ4n) is 2.26. The van der Waals surface area contributed by atoms with E-state index in [-0.39, 0.29) is 6.79 Å². The van der Waals surface area contributed by atoms with Gasteiger partial charge in [-0.15, -0.1) is 0 Å². The van der Waals surface area contributed by atoms with Crippen LogP contribution in [0, 0.1) is 5.92 Å². The highest BCUT2D eigenvalue weighted by Gasteiger charge is 2.18. The second kappa shape index (κ2) is 5.24. The van der Waals surface area contributed by atoms with E-state index in [4.69, 9.17) is 25.8 Å². The molecule has 1 N–H and O–H groups in total. The second-order valence-corrected chi connectivity index (χ2v) is 5.03. The highest BCUT2D eigenvalue weighted by Crippen LogP contribution is 2.39. The SMILES string of the molecule is Clc1cc2c(cc1NCC1CCOCC1)OCO2. The molecule has 1 aromatic rings. The van der Waals surface area contributed by atoms with Gasteiger partial charge < -0.3 is 19.5 Å². The van der Waals surface area contributed by atoms with E-state index in [0.717, 1.165) is 49.8 Å². The molecule has 2 aliphatic heterocycles. The summed E-state index contributed by atoms with van der Waals surface area (Å²) in [7, 11) is 0. The van der Waals surface area contributed by atoms with E-state index in [1.165, 1.54) is 0 Å². The van der Waals surface area contributed by atoms with Gasteiger partial charge in [-0.05, 0) is 18.8 Å². The average Bonchev–Trinajstić information content (AvgIpc) is 2.84. The molecule has 5 heteroatoms. The zero-order valence-electron chi connectivity index (χ0n) is 10.1. The summed E-state index contributed by atoms with van der Waals surface area (Å²) < 4.78 is 16.0. The van der Waals surface area contributed by atoms with E-state index in [1.807, 2.05) is 6.07 Å². The molecule has 0 aromatic heterocycles. The van der Waals surface area contributed by atoms with Crippen molar-refractivity contribution in [1.82, 2.24) is 0 Å². The Morgan fingerprint density at radius 2 is 1.89 bits per heavy atom. The van der Waals surface area contributed by atoms with Gasteiger partial charge in [0.25, 0.3) is 0 Å². The zero-order chi connectivity index (χ0) is 12.4. The van der Waals surface area contributed by atoms with Gasteiger partial charge in [0.2, 0.25) is 6.79 Å². The summed E-state index contributed by atoms with van der Waals surface area (Å²) in [5.41, 5.74) is 0.910. The van der Waals surface area contributed by atoms with E-state index < -0.39 is 0 Å². The molecule has 98 valence electrons. The maximum Gasteiger partial charge on any atom is 0.231 e. The molecule has 4 nitrogen and oxygen atoms in total. The Bertz CT molecular complexity index is 432. The predicted octanol–water partition coefficient (Wildman–Crippen LogP) is 2.91. The van der Waals surface area contributed by atoms with E-state index in [2.05, 4.69) is 5.32 Å². The number of hydrogen-bond donors (Lipinski definition) is 1. The van der Waals surface area contributed by atoms with Crippen LogP contribution in [0.15, 0.2) is 12.1 Å². The van der Waals surface area contributed by atoms with Crippen molar-refractivity contribution in [1.29, 1.82) is 0 Å². The molecule has 0 amide bonds. The van der Waals surface area contributed by atoms with Crippen LogP contribution in [0.5, 0.6) is 11.5 Å². The van der Waals surface area contributed by atoms with Gasteiger partial charge in [0.15, 0.2) is 11.5 Å². The summed E-state index contributed by atoms with van der Waals surface area (Å²) in [6.45, 7) is 2.92. The van der Waals surface area contributed by atoms with Gasteiger partial charge in [0.1, 0.15) is 0 Å². The first kappa shape index (κ1) is 11.9. The molecule has 0 radical (unpaired) electrons. The van der Waals surface area contributed by atoms with E-state index in [0.29, 0.717) is 10.9 Å². The van der Waals surface area contributed by atoms with Gasteiger partial charge in [-0.1, -0.05) is 11.6 Å². The number of nitrogens with one attached hydrogen (secondary N) is 1. The van der Waals surface area contributed by atoms with Crippen LogP contribution in [-0.4, -0.2) is 26.6 Å². The summed E-state index contributed by atoms with van der Waals surface area (Å²) in [4.78, 5) is 0. The van der Waals surface area contributed by atoms with Crippen molar-refractivity contribution >= 4 is 17.3 Å². The van der Waals surface area contributed by atoms with Crippen LogP contribution < -0.4 is 14.8 Å². The van der Waals surface area contributed by atoms with Gasteiger partial charge in [-0.2, -0.15) is 0 Å². The zero-order valence-corrected chi connectivity index (χ0v) is 10.8. The molecule has 2 heterocycles. The second-order valence-electron chi connectivity index (χ2n) is 4.62. The van der Waals surface area contributed by atoms with Gasteiger partial charge in [-0.25, -0.2) is 0 Å². The van der Waals surface area contributed by atoms with Crippen LogP contribution in [-0.2, 0) is 4.74 Å². The lowest BCUT2D eigenvalue weighted by molar-refractivity contribution is 0.0699. The van der Waals surface area contributed by atoms with Crippen molar-refractivity contribution in [3.63, 3.8) is 0 Å². The topological polar surface area (TPSA) is 39.7 Å². The molecule has 1 fully saturated rings. The molecular weight excluding hydrogens is 254 g/mol. The van der Waals surface area contributed by atoms with Gasteiger partial charge in [0.05, 0.1) is 10.7 Å². The maximum atomic E-state index is 6.20. The first-order chi connectivity index (χ1) is 8.83. The third-order valence-electron chi connectivity index (χ3n) is 3.38. The maximum absolute atomic E-state index is 6.20. The fraction of sp³-hybridized carbons (Fsp3) is 0.538. The monoisotopic (exact) mass is 269 g/mol. The number of anilines is 1. The Balaban J connectivity index is 1.65. The lowest BCUT2D eigenvalue weighted by Gasteiger charge is -2.23. The summed E-state index contributed by atoms with van der Waals surface area (Å²) in [6.07, 6.45) is 2.21.